The summed E-state index contributed by atoms with van der Waals surface area (Å²) in [6.45, 7) is 9.73. The summed E-state index contributed by atoms with van der Waals surface area (Å²) in [5.74, 6) is 4.02. The number of hydrogen-bond donors (Lipinski definition) is 1. The van der Waals surface area contributed by atoms with Gasteiger partial charge in [0.1, 0.15) is 0 Å². The van der Waals surface area contributed by atoms with E-state index in [9.17, 15) is 0 Å². The number of nitrogens with one attached hydrogen (secondary N) is 1. The maximum Gasteiger partial charge on any atom is 0.0220 e. The molecule has 4 aliphatic carbocycles. The summed E-state index contributed by atoms with van der Waals surface area (Å²) in [5, 5.41) is 3.73. The lowest BCUT2D eigenvalue weighted by Crippen LogP contribution is -2.66. The Morgan fingerprint density at radius 1 is 1.00 bits per heavy atom. The zero-order valence-corrected chi connectivity index (χ0v) is 14.3. The van der Waals surface area contributed by atoms with Gasteiger partial charge in [0, 0.05) is 24.2 Å². The van der Waals surface area contributed by atoms with Gasteiger partial charge in [0.2, 0.25) is 0 Å². The largest absolute Gasteiger partial charge is 0.314 e. The van der Waals surface area contributed by atoms with Crippen LogP contribution < -0.4 is 5.32 Å². The molecule has 1 saturated heterocycles. The fourth-order valence-electron chi connectivity index (χ4n) is 7.00. The van der Waals surface area contributed by atoms with Crippen LogP contribution in [0.2, 0.25) is 0 Å². The molecule has 0 aromatic heterocycles. The minimum Gasteiger partial charge on any atom is -0.314 e. The van der Waals surface area contributed by atoms with Crippen LogP contribution >= 0.6 is 0 Å². The van der Waals surface area contributed by atoms with Crippen molar-refractivity contribution in [1.29, 1.82) is 0 Å². The molecule has 0 spiro atoms. The summed E-state index contributed by atoms with van der Waals surface area (Å²) in [5.41, 5.74) is 0.611. The smallest absolute Gasteiger partial charge is 0.0220 e. The highest BCUT2D eigenvalue weighted by Gasteiger charge is 2.55. The lowest BCUT2D eigenvalue weighted by molar-refractivity contribution is -0.122. The molecule has 4 bridgehead atoms. The Bertz CT molecular complexity index is 356. The van der Waals surface area contributed by atoms with Crippen LogP contribution in [0.1, 0.15) is 65.7 Å². The van der Waals surface area contributed by atoms with Crippen LogP contribution in [-0.4, -0.2) is 35.6 Å². The highest BCUT2D eigenvalue weighted by Crippen LogP contribution is 2.58. The van der Waals surface area contributed by atoms with Gasteiger partial charge in [-0.2, -0.15) is 0 Å². The van der Waals surface area contributed by atoms with E-state index >= 15 is 0 Å². The molecule has 5 fully saturated rings. The van der Waals surface area contributed by atoms with Gasteiger partial charge in [-0.25, -0.2) is 0 Å². The average Bonchev–Trinajstić information content (AvgIpc) is 2.42. The summed E-state index contributed by atoms with van der Waals surface area (Å²) < 4.78 is 0. The lowest BCUT2D eigenvalue weighted by Gasteiger charge is -2.63. The Morgan fingerprint density at radius 2 is 1.57 bits per heavy atom. The van der Waals surface area contributed by atoms with E-state index < -0.39 is 0 Å². The van der Waals surface area contributed by atoms with Crippen molar-refractivity contribution in [2.75, 3.05) is 13.1 Å². The van der Waals surface area contributed by atoms with Gasteiger partial charge in [0.05, 0.1) is 0 Å². The summed E-state index contributed by atoms with van der Waals surface area (Å²) >= 11 is 0. The van der Waals surface area contributed by atoms with Crippen LogP contribution in [0.25, 0.3) is 0 Å². The van der Waals surface area contributed by atoms with Gasteiger partial charge in [-0.05, 0) is 82.1 Å². The lowest BCUT2D eigenvalue weighted by atomic mass is 9.52. The van der Waals surface area contributed by atoms with Gasteiger partial charge < -0.3 is 5.32 Å². The van der Waals surface area contributed by atoms with E-state index in [1.807, 2.05) is 0 Å². The van der Waals surface area contributed by atoms with Gasteiger partial charge >= 0.3 is 0 Å². The molecule has 0 aromatic rings. The Morgan fingerprint density at radius 3 is 2.10 bits per heavy atom. The third kappa shape index (κ3) is 2.28. The normalized spacial score (nSPS) is 53.3. The van der Waals surface area contributed by atoms with Crippen LogP contribution in [0, 0.1) is 23.7 Å². The first kappa shape index (κ1) is 14.5. The van der Waals surface area contributed by atoms with Crippen molar-refractivity contribution in [2.45, 2.75) is 83.3 Å². The van der Waals surface area contributed by atoms with Crippen molar-refractivity contribution in [3.05, 3.63) is 0 Å². The highest BCUT2D eigenvalue weighted by atomic mass is 15.3. The second-order valence-corrected chi connectivity index (χ2v) is 8.89. The zero-order chi connectivity index (χ0) is 14.6. The minimum absolute atomic E-state index is 0.611. The topological polar surface area (TPSA) is 15.3 Å². The van der Waals surface area contributed by atoms with Gasteiger partial charge in [0.25, 0.3) is 0 Å². The molecule has 0 radical (unpaired) electrons. The van der Waals surface area contributed by atoms with Crippen LogP contribution in [0.5, 0.6) is 0 Å². The SMILES string of the molecule is CCNC1CCN(C23CC4CC(CC(C4)C2)C3)C(C)C1C. The van der Waals surface area contributed by atoms with Crippen molar-refractivity contribution in [3.63, 3.8) is 0 Å². The Kier molecular flexibility index (Phi) is 3.61. The van der Waals surface area contributed by atoms with Crippen molar-refractivity contribution in [1.82, 2.24) is 10.2 Å². The monoisotopic (exact) mass is 290 g/mol. The molecule has 1 aliphatic heterocycles. The predicted octanol–water partition coefficient (Wildman–Crippen LogP) is 3.66. The molecule has 2 heteroatoms. The van der Waals surface area contributed by atoms with Gasteiger partial charge in [0.15, 0.2) is 0 Å². The first-order valence-corrected chi connectivity index (χ1v) is 9.61. The van der Waals surface area contributed by atoms with Gasteiger partial charge in [-0.3, -0.25) is 4.90 Å². The molecule has 0 aromatic carbocycles. The molecule has 5 rings (SSSR count). The summed E-state index contributed by atoms with van der Waals surface area (Å²) in [6.07, 6.45) is 10.7. The van der Waals surface area contributed by atoms with Crippen LogP contribution in [0.3, 0.4) is 0 Å². The third-order valence-corrected chi connectivity index (χ3v) is 7.65. The predicted molar refractivity (Wildman–Crippen MR) is 88.3 cm³/mol. The quantitative estimate of drug-likeness (QED) is 0.853. The van der Waals surface area contributed by atoms with E-state index in [4.69, 9.17) is 0 Å². The first-order chi connectivity index (χ1) is 10.1. The Labute approximate surface area is 131 Å². The minimum atomic E-state index is 0.611. The van der Waals surface area contributed by atoms with E-state index in [2.05, 4.69) is 31.0 Å². The van der Waals surface area contributed by atoms with Crippen molar-refractivity contribution in [2.24, 2.45) is 23.7 Å². The second-order valence-electron chi connectivity index (χ2n) is 8.89. The summed E-state index contributed by atoms with van der Waals surface area (Å²) in [4.78, 5) is 3.00. The molecule has 1 N–H and O–H groups in total. The zero-order valence-electron chi connectivity index (χ0n) is 14.3. The average molecular weight is 290 g/mol. The molecule has 21 heavy (non-hydrogen) atoms. The molecule has 3 atom stereocenters. The number of piperidine rings is 1. The second kappa shape index (κ2) is 5.23. The maximum atomic E-state index is 3.73. The van der Waals surface area contributed by atoms with Crippen LogP contribution in [0.15, 0.2) is 0 Å². The van der Waals surface area contributed by atoms with Gasteiger partial charge in [-0.15, -0.1) is 0 Å². The van der Waals surface area contributed by atoms with Crippen LogP contribution in [0.4, 0.5) is 0 Å². The van der Waals surface area contributed by atoms with Gasteiger partial charge in [-0.1, -0.05) is 13.8 Å². The van der Waals surface area contributed by atoms with E-state index in [1.165, 1.54) is 32.2 Å². The molecule has 0 amide bonds. The molecule has 120 valence electrons. The summed E-state index contributed by atoms with van der Waals surface area (Å²) in [7, 11) is 0. The fraction of sp³-hybridized carbons (Fsp3) is 1.00. The molecule has 2 nitrogen and oxygen atoms in total. The third-order valence-electron chi connectivity index (χ3n) is 7.65. The van der Waals surface area contributed by atoms with Crippen molar-refractivity contribution < 1.29 is 0 Å². The first-order valence-electron chi connectivity index (χ1n) is 9.61. The molecule has 4 saturated carbocycles. The van der Waals surface area contributed by atoms with Crippen LogP contribution in [-0.2, 0) is 0 Å². The number of nitrogens with zero attached hydrogens (tertiary/aromatic N) is 1. The molecule has 1 heterocycles. The van der Waals surface area contributed by atoms with E-state index in [-0.39, 0.29) is 0 Å². The molecular formula is C19H34N2. The number of rotatable bonds is 3. The summed E-state index contributed by atoms with van der Waals surface area (Å²) in [6, 6.07) is 1.51. The molecular weight excluding hydrogens is 256 g/mol. The number of hydrogen-bond acceptors (Lipinski definition) is 2. The number of likely N-dealkylation sites (tertiary alicyclic amines) is 1. The standard InChI is InChI=1S/C19H34N2/c1-4-20-18-5-6-21(14(3)13(18)2)19-10-15-7-16(11-19)9-17(8-15)12-19/h13-18,20H,4-12H2,1-3H3. The van der Waals surface area contributed by atoms with E-state index in [0.29, 0.717) is 5.54 Å². The molecule has 3 unspecified atom stereocenters. The fourth-order valence-corrected chi connectivity index (χ4v) is 7.00. The van der Waals surface area contributed by atoms with E-state index in [1.54, 1.807) is 19.3 Å². The molecule has 5 aliphatic rings. The van der Waals surface area contributed by atoms with Crippen molar-refractivity contribution >= 4 is 0 Å². The van der Waals surface area contributed by atoms with E-state index in [0.717, 1.165) is 42.3 Å². The maximum absolute atomic E-state index is 3.73. The Balaban J connectivity index is 1.54. The van der Waals surface area contributed by atoms with Crippen molar-refractivity contribution in [3.8, 4) is 0 Å². The highest BCUT2D eigenvalue weighted by molar-refractivity contribution is 5.10. The Hall–Kier alpha value is -0.0800.